The van der Waals surface area contributed by atoms with Crippen LogP contribution in [0.3, 0.4) is 0 Å². The lowest BCUT2D eigenvalue weighted by atomic mass is 9.91. The van der Waals surface area contributed by atoms with E-state index in [4.69, 9.17) is 14.6 Å². The third kappa shape index (κ3) is 4.68. The van der Waals surface area contributed by atoms with Crippen molar-refractivity contribution in [1.82, 2.24) is 0 Å². The molecule has 0 aliphatic carbocycles. The van der Waals surface area contributed by atoms with Gasteiger partial charge in [-0.2, -0.15) is 0 Å². The second kappa shape index (κ2) is 8.59. The Labute approximate surface area is 145 Å². The molecule has 140 valence electrons. The molecule has 1 saturated heterocycles. The van der Waals surface area contributed by atoms with Crippen LogP contribution in [-0.4, -0.2) is 75.6 Å². The van der Waals surface area contributed by atoms with E-state index < -0.39 is 37.1 Å². The van der Waals surface area contributed by atoms with Crippen molar-refractivity contribution >= 4 is 5.78 Å². The summed E-state index contributed by atoms with van der Waals surface area (Å²) in [6.45, 7) is -0.525. The van der Waals surface area contributed by atoms with Crippen LogP contribution in [0.25, 0.3) is 0 Å². The van der Waals surface area contributed by atoms with Gasteiger partial charge in [0.25, 0.3) is 0 Å². The number of phenolic OH excluding ortho intramolecular Hbond substituents is 1. The summed E-state index contributed by atoms with van der Waals surface area (Å²) >= 11 is 0. The van der Waals surface area contributed by atoms with E-state index >= 15 is 0 Å². The van der Waals surface area contributed by atoms with Crippen LogP contribution in [-0.2, 0) is 16.0 Å². The molecule has 1 fully saturated rings. The van der Waals surface area contributed by atoms with Gasteiger partial charge in [-0.3, -0.25) is 4.79 Å². The smallest absolute Gasteiger partial charge is 0.160 e. The molecule has 1 aromatic rings. The molecule has 1 aliphatic heterocycles. The fraction of sp³-hybridized carbons (Fsp3) is 0.588. The van der Waals surface area contributed by atoms with Gasteiger partial charge < -0.3 is 35.0 Å². The zero-order valence-electron chi connectivity index (χ0n) is 13.9. The van der Waals surface area contributed by atoms with E-state index in [2.05, 4.69) is 0 Å². The van der Waals surface area contributed by atoms with E-state index in [1.807, 2.05) is 0 Å². The number of hydrogen-bond donors (Lipinski definition) is 5. The van der Waals surface area contributed by atoms with Crippen LogP contribution in [0.4, 0.5) is 0 Å². The molecule has 0 saturated carbocycles. The van der Waals surface area contributed by atoms with Crippen molar-refractivity contribution in [1.29, 1.82) is 0 Å². The Morgan fingerprint density at radius 3 is 2.48 bits per heavy atom. The molecule has 0 spiro atoms. The lowest BCUT2D eigenvalue weighted by Crippen LogP contribution is -2.58. The van der Waals surface area contributed by atoms with Crippen LogP contribution < -0.4 is 4.74 Å². The van der Waals surface area contributed by atoms with Gasteiger partial charge >= 0.3 is 0 Å². The molecule has 25 heavy (non-hydrogen) atoms. The van der Waals surface area contributed by atoms with E-state index in [0.717, 1.165) is 5.56 Å². The first kappa shape index (κ1) is 19.6. The summed E-state index contributed by atoms with van der Waals surface area (Å²) in [4.78, 5) is 12.2. The lowest BCUT2D eigenvalue weighted by molar-refractivity contribution is -0.229. The highest BCUT2D eigenvalue weighted by Gasteiger charge is 2.43. The van der Waals surface area contributed by atoms with Crippen molar-refractivity contribution < 1.29 is 39.8 Å². The number of ether oxygens (including phenoxy) is 2. The number of benzene rings is 1. The Hall–Kier alpha value is -1.71. The average molecular weight is 356 g/mol. The molecule has 5 atom stereocenters. The maximum absolute atomic E-state index is 12.2. The van der Waals surface area contributed by atoms with Gasteiger partial charge in [-0.15, -0.1) is 0 Å². The second-order valence-electron chi connectivity index (χ2n) is 6.12. The molecule has 0 amide bonds. The third-order valence-electron chi connectivity index (χ3n) is 4.36. The predicted molar refractivity (Wildman–Crippen MR) is 86.4 cm³/mol. The normalized spacial score (nSPS) is 29.4. The first-order valence-electron chi connectivity index (χ1n) is 8.05. The molecular weight excluding hydrogens is 332 g/mol. The van der Waals surface area contributed by atoms with Crippen molar-refractivity contribution in [3.05, 3.63) is 23.8 Å². The minimum absolute atomic E-state index is 0.0129. The van der Waals surface area contributed by atoms with Crippen LogP contribution in [0, 0.1) is 0 Å². The van der Waals surface area contributed by atoms with Gasteiger partial charge in [0.1, 0.15) is 30.2 Å². The number of phenols is 1. The Morgan fingerprint density at radius 1 is 1.16 bits per heavy atom. The second-order valence-corrected chi connectivity index (χ2v) is 6.12. The van der Waals surface area contributed by atoms with Crippen molar-refractivity contribution in [3.63, 3.8) is 0 Å². The first-order valence-corrected chi connectivity index (χ1v) is 8.05. The van der Waals surface area contributed by atoms with E-state index in [1.54, 1.807) is 12.1 Å². The molecule has 2 rings (SSSR count). The van der Waals surface area contributed by atoms with Gasteiger partial charge in [-0.1, -0.05) is 6.07 Å². The number of aliphatic hydroxyl groups is 4. The first-order chi connectivity index (χ1) is 11.9. The highest BCUT2D eigenvalue weighted by molar-refractivity contribution is 5.79. The van der Waals surface area contributed by atoms with Gasteiger partial charge in [-0.25, -0.2) is 0 Å². The van der Waals surface area contributed by atoms with Crippen LogP contribution >= 0.6 is 0 Å². The van der Waals surface area contributed by atoms with Crippen molar-refractivity contribution in [2.75, 3.05) is 13.7 Å². The van der Waals surface area contributed by atoms with Gasteiger partial charge in [-0.05, 0) is 24.1 Å². The van der Waals surface area contributed by atoms with Gasteiger partial charge in [0, 0.05) is 12.8 Å². The number of ketones is 1. The molecular formula is C17H24O8. The molecule has 5 unspecified atom stereocenters. The van der Waals surface area contributed by atoms with Crippen LogP contribution in [0.5, 0.6) is 11.5 Å². The largest absolute Gasteiger partial charge is 0.504 e. The minimum Gasteiger partial charge on any atom is -0.504 e. The molecule has 5 N–H and O–H groups in total. The number of aromatic hydroxyl groups is 1. The summed E-state index contributed by atoms with van der Waals surface area (Å²) in [5.74, 6) is 0.133. The topological polar surface area (TPSA) is 137 Å². The fourth-order valence-electron chi connectivity index (χ4n) is 2.84. The van der Waals surface area contributed by atoms with Crippen LogP contribution in [0.1, 0.15) is 18.4 Å². The lowest BCUT2D eigenvalue weighted by Gasteiger charge is -2.39. The van der Waals surface area contributed by atoms with E-state index in [1.165, 1.54) is 13.2 Å². The molecule has 0 aromatic heterocycles. The number of rotatable bonds is 7. The molecule has 8 heteroatoms. The maximum atomic E-state index is 12.2. The summed E-state index contributed by atoms with van der Waals surface area (Å²) in [7, 11) is 1.43. The molecule has 1 heterocycles. The zero-order chi connectivity index (χ0) is 18.6. The number of carbonyl (C=O) groups excluding carboxylic acids is 1. The maximum Gasteiger partial charge on any atom is 0.160 e. The zero-order valence-corrected chi connectivity index (χ0v) is 13.9. The Morgan fingerprint density at radius 2 is 1.84 bits per heavy atom. The number of hydrogen-bond acceptors (Lipinski definition) is 8. The van der Waals surface area contributed by atoms with E-state index in [9.17, 15) is 25.2 Å². The van der Waals surface area contributed by atoms with Crippen molar-refractivity contribution in [2.45, 2.75) is 49.8 Å². The van der Waals surface area contributed by atoms with Gasteiger partial charge in [0.05, 0.1) is 19.8 Å². The van der Waals surface area contributed by atoms with Crippen molar-refractivity contribution in [3.8, 4) is 11.5 Å². The van der Waals surface area contributed by atoms with Gasteiger partial charge in [0.15, 0.2) is 11.5 Å². The van der Waals surface area contributed by atoms with E-state index in [0.29, 0.717) is 12.2 Å². The third-order valence-corrected chi connectivity index (χ3v) is 4.36. The summed E-state index contributed by atoms with van der Waals surface area (Å²) in [5.41, 5.74) is 0.803. The number of carbonyl (C=O) groups is 1. The summed E-state index contributed by atoms with van der Waals surface area (Å²) < 4.78 is 10.3. The standard InChI is InChI=1S/C17H24O8/c1-24-12-6-9(3-5-11(12)20)2-4-10(19)7-13-15(21)17(23)16(22)14(8-18)25-13/h3,5-6,13-18,20-23H,2,4,7-8H2,1H3. The number of methoxy groups -OCH3 is 1. The van der Waals surface area contributed by atoms with Crippen molar-refractivity contribution in [2.24, 2.45) is 0 Å². The molecule has 0 bridgehead atoms. The summed E-state index contributed by atoms with van der Waals surface area (Å²) in [5, 5.41) is 48.1. The average Bonchev–Trinajstić information content (AvgIpc) is 2.61. The number of aryl methyl sites for hydroxylation is 1. The highest BCUT2D eigenvalue weighted by Crippen LogP contribution is 2.27. The highest BCUT2D eigenvalue weighted by atomic mass is 16.5. The van der Waals surface area contributed by atoms with E-state index in [-0.39, 0.29) is 24.4 Å². The number of Topliss-reactive ketones (excluding diaryl/α,β-unsaturated/α-hetero) is 1. The quantitative estimate of drug-likeness (QED) is 0.425. The predicted octanol–water partition coefficient (Wildman–Crippen LogP) is -0.865. The molecule has 1 aliphatic rings. The summed E-state index contributed by atoms with van der Waals surface area (Å²) in [6.07, 6.45) is -5.89. The Balaban J connectivity index is 1.91. The monoisotopic (exact) mass is 356 g/mol. The SMILES string of the molecule is COc1cc(CCC(=O)CC2OC(CO)C(O)C(O)C2O)ccc1O. The summed E-state index contributed by atoms with van der Waals surface area (Å²) in [6, 6.07) is 4.80. The van der Waals surface area contributed by atoms with Crippen LogP contribution in [0.15, 0.2) is 18.2 Å². The molecule has 0 radical (unpaired) electrons. The minimum atomic E-state index is -1.48. The van der Waals surface area contributed by atoms with Crippen LogP contribution in [0.2, 0.25) is 0 Å². The molecule has 8 nitrogen and oxygen atoms in total. The number of aliphatic hydroxyl groups excluding tert-OH is 4. The Bertz CT molecular complexity index is 588. The fourth-order valence-corrected chi connectivity index (χ4v) is 2.84. The molecule has 1 aromatic carbocycles. The Kier molecular flexibility index (Phi) is 6.74. The van der Waals surface area contributed by atoms with Gasteiger partial charge in [0.2, 0.25) is 0 Å².